The third kappa shape index (κ3) is 1.35. The molecule has 104 valence electrons. The summed E-state index contributed by atoms with van der Waals surface area (Å²) in [4.78, 5) is 12.8. The smallest absolute Gasteiger partial charge is 0.313 e. The SMILES string of the molecule is CCCCOC(=O)C12C3C=CC(C3)C1C1CCC2C1. The fraction of sp³-hybridized carbons (Fsp3) is 0.824. The molecule has 0 N–H and O–H groups in total. The highest BCUT2D eigenvalue weighted by Crippen LogP contribution is 2.72. The van der Waals surface area contributed by atoms with Crippen molar-refractivity contribution in [2.75, 3.05) is 6.61 Å². The van der Waals surface area contributed by atoms with Crippen molar-refractivity contribution in [3.05, 3.63) is 12.2 Å². The van der Waals surface area contributed by atoms with E-state index in [1.165, 1.54) is 25.7 Å². The highest BCUT2D eigenvalue weighted by molar-refractivity contribution is 5.80. The third-order valence-electron chi connectivity index (χ3n) is 6.48. The van der Waals surface area contributed by atoms with Crippen molar-refractivity contribution in [3.63, 3.8) is 0 Å². The molecule has 0 aromatic rings. The van der Waals surface area contributed by atoms with Crippen molar-refractivity contribution >= 4 is 5.97 Å². The second kappa shape index (κ2) is 4.10. The van der Waals surface area contributed by atoms with Crippen LogP contribution in [0.25, 0.3) is 0 Å². The van der Waals surface area contributed by atoms with Gasteiger partial charge in [-0.3, -0.25) is 4.79 Å². The van der Waals surface area contributed by atoms with Crippen LogP contribution in [0.5, 0.6) is 0 Å². The summed E-state index contributed by atoms with van der Waals surface area (Å²) < 4.78 is 5.70. The molecule has 3 saturated carbocycles. The van der Waals surface area contributed by atoms with Crippen molar-refractivity contribution in [1.82, 2.24) is 0 Å². The Balaban J connectivity index is 1.63. The van der Waals surface area contributed by atoms with Gasteiger partial charge < -0.3 is 4.74 Å². The molecule has 19 heavy (non-hydrogen) atoms. The first-order valence-electron chi connectivity index (χ1n) is 8.14. The number of esters is 1. The van der Waals surface area contributed by atoms with Gasteiger partial charge in [0, 0.05) is 0 Å². The summed E-state index contributed by atoms with van der Waals surface area (Å²) in [5.41, 5.74) is -0.101. The van der Waals surface area contributed by atoms with Crippen LogP contribution in [0.4, 0.5) is 0 Å². The standard InChI is InChI=1S/C17H24O2/c1-2-3-8-19-16(18)17-13-6-4-11(9-13)15(17)12-5-7-14(17)10-12/h4,6,11-15H,2-3,5,7-10H2,1H3. The van der Waals surface area contributed by atoms with E-state index in [0.29, 0.717) is 30.3 Å². The number of rotatable bonds is 4. The lowest BCUT2D eigenvalue weighted by Crippen LogP contribution is -2.47. The minimum Gasteiger partial charge on any atom is -0.465 e. The molecule has 6 unspecified atom stereocenters. The fourth-order valence-electron chi connectivity index (χ4n) is 5.93. The maximum absolute atomic E-state index is 12.8. The first-order chi connectivity index (χ1) is 9.28. The van der Waals surface area contributed by atoms with Crippen LogP contribution < -0.4 is 0 Å². The third-order valence-corrected chi connectivity index (χ3v) is 6.48. The summed E-state index contributed by atoms with van der Waals surface area (Å²) in [6.45, 7) is 2.77. The Hall–Kier alpha value is -0.790. The zero-order valence-corrected chi connectivity index (χ0v) is 11.8. The first-order valence-corrected chi connectivity index (χ1v) is 8.14. The molecule has 0 saturated heterocycles. The zero-order valence-electron chi connectivity index (χ0n) is 11.8. The van der Waals surface area contributed by atoms with Gasteiger partial charge in [-0.2, -0.15) is 0 Å². The van der Waals surface area contributed by atoms with Gasteiger partial charge >= 0.3 is 5.97 Å². The largest absolute Gasteiger partial charge is 0.465 e. The molecule has 0 heterocycles. The lowest BCUT2D eigenvalue weighted by molar-refractivity contribution is -0.165. The lowest BCUT2D eigenvalue weighted by Gasteiger charge is -2.42. The average Bonchev–Trinajstić information content (AvgIpc) is 3.16. The van der Waals surface area contributed by atoms with Crippen LogP contribution in [0.15, 0.2) is 12.2 Å². The quantitative estimate of drug-likeness (QED) is 0.334. The number of fused-ring (bicyclic) bond motifs is 9. The summed E-state index contributed by atoms with van der Waals surface area (Å²) in [7, 11) is 0. The van der Waals surface area contributed by atoms with Crippen LogP contribution in [0.3, 0.4) is 0 Å². The van der Waals surface area contributed by atoms with Crippen LogP contribution in [-0.4, -0.2) is 12.6 Å². The van der Waals surface area contributed by atoms with E-state index in [0.717, 1.165) is 18.8 Å². The van der Waals surface area contributed by atoms with Crippen molar-refractivity contribution < 1.29 is 9.53 Å². The van der Waals surface area contributed by atoms with Crippen molar-refractivity contribution in [3.8, 4) is 0 Å². The summed E-state index contributed by atoms with van der Waals surface area (Å²) in [5, 5.41) is 0. The Bertz CT molecular complexity index is 427. The minimum absolute atomic E-state index is 0.101. The molecular weight excluding hydrogens is 236 g/mol. The first kappa shape index (κ1) is 12.0. The number of hydrogen-bond donors (Lipinski definition) is 0. The fourth-order valence-corrected chi connectivity index (χ4v) is 5.93. The molecule has 0 spiro atoms. The molecule has 0 amide bonds. The molecule has 4 bridgehead atoms. The molecule has 4 aliphatic rings. The predicted molar refractivity (Wildman–Crippen MR) is 73.4 cm³/mol. The molecule has 0 aromatic carbocycles. The van der Waals surface area contributed by atoms with Gasteiger partial charge in [-0.05, 0) is 61.7 Å². The van der Waals surface area contributed by atoms with Gasteiger partial charge in [-0.15, -0.1) is 0 Å². The molecule has 2 heteroatoms. The summed E-state index contributed by atoms with van der Waals surface area (Å²) >= 11 is 0. The maximum atomic E-state index is 12.8. The molecule has 0 aliphatic heterocycles. The number of carbonyl (C=O) groups excluding carboxylic acids is 1. The summed E-state index contributed by atoms with van der Waals surface area (Å²) in [6.07, 6.45) is 12.0. The molecule has 4 aliphatic carbocycles. The molecule has 6 atom stereocenters. The molecule has 3 fully saturated rings. The Morgan fingerprint density at radius 3 is 3.05 bits per heavy atom. The van der Waals surface area contributed by atoms with Crippen LogP contribution in [-0.2, 0) is 9.53 Å². The van der Waals surface area contributed by atoms with E-state index in [4.69, 9.17) is 4.74 Å². The second-order valence-corrected chi connectivity index (χ2v) is 7.11. The van der Waals surface area contributed by atoms with Gasteiger partial charge in [0.25, 0.3) is 0 Å². The Labute approximate surface area is 115 Å². The van der Waals surface area contributed by atoms with Crippen molar-refractivity contribution in [2.24, 2.45) is 35.0 Å². The zero-order chi connectivity index (χ0) is 13.0. The lowest BCUT2D eigenvalue weighted by atomic mass is 9.61. The van der Waals surface area contributed by atoms with Gasteiger partial charge in [0.2, 0.25) is 0 Å². The van der Waals surface area contributed by atoms with Gasteiger partial charge in [-0.1, -0.05) is 25.5 Å². The number of hydrogen-bond acceptors (Lipinski definition) is 2. The van der Waals surface area contributed by atoms with Gasteiger partial charge in [0.1, 0.15) is 0 Å². The van der Waals surface area contributed by atoms with Crippen LogP contribution >= 0.6 is 0 Å². The van der Waals surface area contributed by atoms with E-state index in [2.05, 4.69) is 19.1 Å². The van der Waals surface area contributed by atoms with Gasteiger partial charge in [0.15, 0.2) is 0 Å². The van der Waals surface area contributed by atoms with Crippen LogP contribution in [0.2, 0.25) is 0 Å². The van der Waals surface area contributed by atoms with E-state index in [1.54, 1.807) is 0 Å². The molecule has 4 rings (SSSR count). The number of allylic oxidation sites excluding steroid dienone is 2. The number of unbranched alkanes of at least 4 members (excludes halogenated alkanes) is 1. The average molecular weight is 260 g/mol. The van der Waals surface area contributed by atoms with Gasteiger partial charge in [-0.25, -0.2) is 0 Å². The predicted octanol–water partition coefficient (Wildman–Crippen LogP) is 3.57. The Kier molecular flexibility index (Phi) is 2.59. The van der Waals surface area contributed by atoms with Crippen LogP contribution in [0, 0.1) is 35.0 Å². The van der Waals surface area contributed by atoms with E-state index < -0.39 is 0 Å². The Morgan fingerprint density at radius 1 is 1.32 bits per heavy atom. The molecule has 0 aromatic heterocycles. The van der Waals surface area contributed by atoms with E-state index >= 15 is 0 Å². The van der Waals surface area contributed by atoms with E-state index in [1.807, 2.05) is 0 Å². The second-order valence-electron chi connectivity index (χ2n) is 7.11. The Morgan fingerprint density at radius 2 is 2.21 bits per heavy atom. The highest BCUT2D eigenvalue weighted by atomic mass is 16.5. The van der Waals surface area contributed by atoms with E-state index in [-0.39, 0.29) is 11.4 Å². The molecule has 0 radical (unpaired) electrons. The number of carbonyl (C=O) groups is 1. The monoisotopic (exact) mass is 260 g/mol. The molecule has 2 nitrogen and oxygen atoms in total. The molecular formula is C17H24O2. The highest BCUT2D eigenvalue weighted by Gasteiger charge is 2.71. The minimum atomic E-state index is -0.101. The van der Waals surface area contributed by atoms with Crippen molar-refractivity contribution in [2.45, 2.75) is 45.4 Å². The van der Waals surface area contributed by atoms with Gasteiger partial charge in [0.05, 0.1) is 12.0 Å². The van der Waals surface area contributed by atoms with Crippen LogP contribution in [0.1, 0.15) is 45.4 Å². The van der Waals surface area contributed by atoms with E-state index in [9.17, 15) is 4.79 Å². The summed E-state index contributed by atoms with van der Waals surface area (Å²) in [6, 6.07) is 0. The topological polar surface area (TPSA) is 26.3 Å². The summed E-state index contributed by atoms with van der Waals surface area (Å²) in [5.74, 6) is 3.39. The number of ether oxygens (including phenoxy) is 1. The maximum Gasteiger partial charge on any atom is 0.313 e. The van der Waals surface area contributed by atoms with Crippen molar-refractivity contribution in [1.29, 1.82) is 0 Å². The normalized spacial score (nSPS) is 48.8.